The minimum Gasteiger partial charge on any atom is -0.475 e. The molecule has 3 heterocycles. The van der Waals surface area contributed by atoms with Crippen molar-refractivity contribution in [1.82, 2.24) is 24.5 Å². The first-order valence-corrected chi connectivity index (χ1v) is 10.9. The second-order valence-corrected chi connectivity index (χ2v) is 8.63. The van der Waals surface area contributed by atoms with Crippen molar-refractivity contribution in [3.05, 3.63) is 64.6 Å². The predicted molar refractivity (Wildman–Crippen MR) is 125 cm³/mol. The van der Waals surface area contributed by atoms with Gasteiger partial charge >= 0.3 is 12.1 Å². The van der Waals surface area contributed by atoms with E-state index in [2.05, 4.69) is 29.4 Å². The molecular weight excluding hydrogens is 487 g/mol. The molecule has 0 saturated heterocycles. The monoisotopic (exact) mass is 509 g/mol. The van der Waals surface area contributed by atoms with E-state index in [1.807, 2.05) is 58.4 Å². The Balaban J connectivity index is 0.000000429. The molecule has 0 atom stereocenters. The molecule has 4 aromatic rings. The molecule has 0 unspecified atom stereocenters. The number of nitrogens with zero attached hydrogens (tertiary/aromatic N) is 4. The molecule has 0 fully saturated rings. The third-order valence-electron chi connectivity index (χ3n) is 4.97. The molecule has 0 radical (unpaired) electrons. The molecule has 186 valence electrons. The average Bonchev–Trinajstić information content (AvgIpc) is 3.32. The summed E-state index contributed by atoms with van der Waals surface area (Å²) in [6.07, 6.45) is -5.08. The van der Waals surface area contributed by atoms with Crippen LogP contribution in [0, 0.1) is 12.8 Å². The van der Waals surface area contributed by atoms with E-state index in [1.165, 1.54) is 0 Å². The molecule has 1 amide bonds. The van der Waals surface area contributed by atoms with Gasteiger partial charge in [0.25, 0.3) is 5.91 Å². The first-order valence-electron chi connectivity index (χ1n) is 10.5. The fourth-order valence-corrected chi connectivity index (χ4v) is 3.62. The highest BCUT2D eigenvalue weighted by Crippen LogP contribution is 2.24. The van der Waals surface area contributed by atoms with Crippen LogP contribution in [0.15, 0.2) is 42.5 Å². The molecule has 8 nitrogen and oxygen atoms in total. The fraction of sp³-hybridized carbons (Fsp3) is 0.304. The standard InChI is InChI=1S/C21H22ClN5O.C2HF3O2/c1-13(2)11-23-21(28)19-10-18-17(7-8-20-25-24-14(3)27(18)20)26(19)12-15-5-4-6-16(22)9-15;3-2(4,5)1(6)7/h4-10,13H,11-12H2,1-3H3,(H,23,28);(H,6,7). The number of benzene rings is 1. The van der Waals surface area contributed by atoms with Gasteiger partial charge in [0.2, 0.25) is 0 Å². The largest absolute Gasteiger partial charge is 0.490 e. The van der Waals surface area contributed by atoms with Crippen molar-refractivity contribution in [1.29, 1.82) is 0 Å². The Labute approximate surface area is 203 Å². The van der Waals surface area contributed by atoms with E-state index >= 15 is 0 Å². The van der Waals surface area contributed by atoms with E-state index in [1.54, 1.807) is 0 Å². The van der Waals surface area contributed by atoms with Gasteiger partial charge < -0.3 is 15.0 Å². The Bertz CT molecular complexity index is 1380. The number of fused-ring (bicyclic) bond motifs is 3. The van der Waals surface area contributed by atoms with Crippen molar-refractivity contribution in [2.24, 2.45) is 5.92 Å². The highest BCUT2D eigenvalue weighted by molar-refractivity contribution is 6.30. The van der Waals surface area contributed by atoms with Gasteiger partial charge in [0.1, 0.15) is 11.5 Å². The summed E-state index contributed by atoms with van der Waals surface area (Å²) in [5, 5.41) is 19.2. The van der Waals surface area contributed by atoms with E-state index in [0.29, 0.717) is 29.7 Å². The minimum absolute atomic E-state index is 0.0918. The number of carbonyl (C=O) groups is 2. The lowest BCUT2D eigenvalue weighted by Gasteiger charge is -2.12. The maximum atomic E-state index is 13.0. The smallest absolute Gasteiger partial charge is 0.475 e. The van der Waals surface area contributed by atoms with Gasteiger partial charge in [-0.3, -0.25) is 9.20 Å². The number of nitrogens with one attached hydrogen (secondary N) is 1. The van der Waals surface area contributed by atoms with Crippen LogP contribution < -0.4 is 5.32 Å². The molecule has 4 rings (SSSR count). The average molecular weight is 510 g/mol. The number of aliphatic carboxylic acids is 1. The number of pyridine rings is 1. The Morgan fingerprint density at radius 3 is 2.40 bits per heavy atom. The number of carboxylic acids is 1. The third kappa shape index (κ3) is 6.10. The Morgan fingerprint density at radius 1 is 1.11 bits per heavy atom. The number of aromatic nitrogens is 4. The molecule has 3 aromatic heterocycles. The summed E-state index contributed by atoms with van der Waals surface area (Å²) in [5.74, 6) is -1.69. The van der Waals surface area contributed by atoms with Crippen LogP contribution in [-0.2, 0) is 11.3 Å². The summed E-state index contributed by atoms with van der Waals surface area (Å²) in [7, 11) is 0. The highest BCUT2D eigenvalue weighted by atomic mass is 35.5. The van der Waals surface area contributed by atoms with Gasteiger partial charge in [0.05, 0.1) is 11.0 Å². The zero-order valence-corrected chi connectivity index (χ0v) is 19.9. The first kappa shape index (κ1) is 26.0. The van der Waals surface area contributed by atoms with Gasteiger partial charge in [-0.25, -0.2) is 4.79 Å². The quantitative estimate of drug-likeness (QED) is 0.405. The molecule has 35 heavy (non-hydrogen) atoms. The topological polar surface area (TPSA) is 102 Å². The van der Waals surface area contributed by atoms with E-state index in [9.17, 15) is 18.0 Å². The van der Waals surface area contributed by atoms with Crippen LogP contribution in [0.4, 0.5) is 13.2 Å². The van der Waals surface area contributed by atoms with E-state index < -0.39 is 12.1 Å². The lowest BCUT2D eigenvalue weighted by atomic mass is 10.2. The normalized spacial score (nSPS) is 11.5. The number of aryl methyl sites for hydroxylation is 1. The van der Waals surface area contributed by atoms with Crippen LogP contribution in [-0.4, -0.2) is 48.9 Å². The lowest BCUT2D eigenvalue weighted by molar-refractivity contribution is -0.192. The number of rotatable bonds is 5. The van der Waals surface area contributed by atoms with Gasteiger partial charge in [-0.15, -0.1) is 10.2 Å². The zero-order chi connectivity index (χ0) is 25.9. The maximum Gasteiger partial charge on any atom is 0.490 e. The van der Waals surface area contributed by atoms with Gasteiger partial charge in [-0.1, -0.05) is 37.6 Å². The molecule has 12 heteroatoms. The predicted octanol–water partition coefficient (Wildman–Crippen LogP) is 4.71. The Hall–Kier alpha value is -3.60. The SMILES string of the molecule is Cc1nnc2ccc3c(cc(C(=O)NCC(C)C)n3Cc3cccc(Cl)c3)n12.O=C(O)C(F)(F)F. The molecule has 1 aromatic carbocycles. The fourth-order valence-electron chi connectivity index (χ4n) is 3.41. The second-order valence-electron chi connectivity index (χ2n) is 8.20. The van der Waals surface area contributed by atoms with Crippen molar-refractivity contribution in [3.63, 3.8) is 0 Å². The molecule has 0 aliphatic rings. The maximum absolute atomic E-state index is 13.0. The van der Waals surface area contributed by atoms with Gasteiger partial charge in [-0.2, -0.15) is 13.2 Å². The number of hydrogen-bond acceptors (Lipinski definition) is 4. The number of amides is 1. The molecule has 0 aliphatic heterocycles. The van der Waals surface area contributed by atoms with E-state index in [0.717, 1.165) is 28.1 Å². The van der Waals surface area contributed by atoms with Crippen molar-refractivity contribution >= 4 is 40.2 Å². The minimum atomic E-state index is -5.08. The van der Waals surface area contributed by atoms with Crippen molar-refractivity contribution in [2.75, 3.05) is 6.54 Å². The first-order chi connectivity index (χ1) is 16.4. The van der Waals surface area contributed by atoms with Gasteiger partial charge in [0.15, 0.2) is 5.65 Å². The van der Waals surface area contributed by atoms with Crippen molar-refractivity contribution in [3.8, 4) is 0 Å². The van der Waals surface area contributed by atoms with Crippen molar-refractivity contribution in [2.45, 2.75) is 33.5 Å². The van der Waals surface area contributed by atoms with Crippen LogP contribution >= 0.6 is 11.6 Å². The van der Waals surface area contributed by atoms with Gasteiger partial charge in [0, 0.05) is 18.1 Å². The van der Waals surface area contributed by atoms with Crippen LogP contribution in [0.2, 0.25) is 5.02 Å². The van der Waals surface area contributed by atoms with Crippen molar-refractivity contribution < 1.29 is 27.9 Å². The number of hydrogen-bond donors (Lipinski definition) is 2. The summed E-state index contributed by atoms with van der Waals surface area (Å²) < 4.78 is 35.7. The second kappa shape index (κ2) is 10.3. The van der Waals surface area contributed by atoms with Crippen LogP contribution in [0.5, 0.6) is 0 Å². The third-order valence-corrected chi connectivity index (χ3v) is 5.21. The van der Waals surface area contributed by atoms with E-state index in [-0.39, 0.29) is 5.91 Å². The molecule has 0 spiro atoms. The number of halogens is 4. The summed E-state index contributed by atoms with van der Waals surface area (Å²) in [6, 6.07) is 13.5. The Kier molecular flexibility index (Phi) is 7.69. The zero-order valence-electron chi connectivity index (χ0n) is 19.1. The number of carbonyl (C=O) groups excluding carboxylic acids is 1. The van der Waals surface area contributed by atoms with Gasteiger partial charge in [-0.05, 0) is 48.7 Å². The molecule has 2 N–H and O–H groups in total. The molecule has 0 saturated carbocycles. The lowest BCUT2D eigenvalue weighted by Crippen LogP contribution is -2.29. The van der Waals surface area contributed by atoms with Crippen LogP contribution in [0.3, 0.4) is 0 Å². The summed E-state index contributed by atoms with van der Waals surface area (Å²) in [4.78, 5) is 21.9. The summed E-state index contributed by atoms with van der Waals surface area (Å²) in [6.45, 7) is 7.23. The summed E-state index contributed by atoms with van der Waals surface area (Å²) in [5.41, 5.74) is 4.26. The molecule has 0 bridgehead atoms. The number of carboxylic acid groups (broad SMARTS) is 1. The van der Waals surface area contributed by atoms with Crippen LogP contribution in [0.25, 0.3) is 16.7 Å². The summed E-state index contributed by atoms with van der Waals surface area (Å²) >= 11 is 6.17. The Morgan fingerprint density at radius 2 is 1.80 bits per heavy atom. The van der Waals surface area contributed by atoms with E-state index in [4.69, 9.17) is 21.5 Å². The highest BCUT2D eigenvalue weighted by Gasteiger charge is 2.38. The molecular formula is C23H23ClF3N5O3. The number of alkyl halides is 3. The molecule has 0 aliphatic carbocycles. The van der Waals surface area contributed by atoms with Crippen LogP contribution in [0.1, 0.15) is 35.7 Å².